The number of amides is 1. The zero-order chi connectivity index (χ0) is 20.7. The molecule has 0 unspecified atom stereocenters. The summed E-state index contributed by atoms with van der Waals surface area (Å²) in [6.45, 7) is 8.87. The van der Waals surface area contributed by atoms with Gasteiger partial charge in [0.05, 0.1) is 17.6 Å². The van der Waals surface area contributed by atoms with Crippen LogP contribution in [-0.4, -0.2) is 24.8 Å². The summed E-state index contributed by atoms with van der Waals surface area (Å²) < 4.78 is 10.6. The summed E-state index contributed by atoms with van der Waals surface area (Å²) in [5.74, 6) is -1.10. The summed E-state index contributed by atoms with van der Waals surface area (Å²) in [7, 11) is 1.26. The fraction of sp³-hybridized carbons (Fsp3) is 0.286. The molecule has 0 saturated heterocycles. The average molecular weight is 399 g/mol. The smallest absolute Gasteiger partial charge is 0.341 e. The average Bonchev–Trinajstić information content (AvgIpc) is 3.12. The molecule has 3 rings (SSSR count). The van der Waals surface area contributed by atoms with Crippen LogP contribution in [0, 0.1) is 27.7 Å². The summed E-state index contributed by atoms with van der Waals surface area (Å²) in [5.41, 5.74) is 4.21. The highest BCUT2D eigenvalue weighted by Crippen LogP contribution is 2.35. The van der Waals surface area contributed by atoms with E-state index in [1.54, 1.807) is 6.92 Å². The SMILES string of the molecule is COC(=O)c1c(NC(=O)c2oc3cc(C)c(C)cc3c2C)sc(C(C)=O)c1C. The number of rotatable bonds is 4. The molecule has 2 heterocycles. The van der Waals surface area contributed by atoms with Gasteiger partial charge in [-0.2, -0.15) is 0 Å². The van der Waals surface area contributed by atoms with Gasteiger partial charge in [-0.1, -0.05) is 0 Å². The van der Waals surface area contributed by atoms with Crippen molar-refractivity contribution in [2.75, 3.05) is 12.4 Å². The minimum absolute atomic E-state index is 0.172. The van der Waals surface area contributed by atoms with Gasteiger partial charge < -0.3 is 14.5 Å². The first kappa shape index (κ1) is 19.8. The molecule has 1 amide bonds. The quantitative estimate of drug-likeness (QED) is 0.494. The van der Waals surface area contributed by atoms with Gasteiger partial charge in [-0.05, 0) is 63.4 Å². The number of benzene rings is 1. The van der Waals surface area contributed by atoms with Crippen LogP contribution in [0.2, 0.25) is 0 Å². The standard InChI is InChI=1S/C21H21NO5S/c1-9-7-14-11(3)17(27-15(14)8-10(9)2)19(24)22-20-16(21(25)26-6)12(4)18(28-20)13(5)23/h7-8H,1-6H3,(H,22,24). The molecule has 0 spiro atoms. The number of nitrogens with one attached hydrogen (secondary N) is 1. The summed E-state index contributed by atoms with van der Waals surface area (Å²) in [4.78, 5) is 37.3. The lowest BCUT2D eigenvalue weighted by Gasteiger charge is -2.05. The molecule has 146 valence electrons. The van der Waals surface area contributed by atoms with Crippen molar-refractivity contribution >= 4 is 45.0 Å². The Bertz CT molecular complexity index is 1140. The molecule has 2 aromatic heterocycles. The van der Waals surface area contributed by atoms with E-state index in [2.05, 4.69) is 5.32 Å². The zero-order valence-electron chi connectivity index (χ0n) is 16.6. The number of carbonyl (C=O) groups is 3. The molecular formula is C21H21NO5S. The topological polar surface area (TPSA) is 85.6 Å². The zero-order valence-corrected chi connectivity index (χ0v) is 17.4. The molecule has 0 fully saturated rings. The Kier molecular flexibility index (Phi) is 5.12. The second-order valence-corrected chi connectivity index (χ2v) is 7.77. The fourth-order valence-electron chi connectivity index (χ4n) is 3.14. The predicted molar refractivity (Wildman–Crippen MR) is 109 cm³/mol. The van der Waals surface area contributed by atoms with Crippen molar-refractivity contribution in [3.63, 3.8) is 0 Å². The number of esters is 1. The van der Waals surface area contributed by atoms with Crippen molar-refractivity contribution in [3.05, 3.63) is 50.6 Å². The molecule has 0 saturated carbocycles. The summed E-state index contributed by atoms with van der Waals surface area (Å²) in [6, 6.07) is 3.89. The summed E-state index contributed by atoms with van der Waals surface area (Å²) in [5, 5.41) is 3.86. The Labute approximate surface area is 166 Å². The van der Waals surface area contributed by atoms with Gasteiger partial charge in [-0.25, -0.2) is 4.79 Å². The molecule has 1 aromatic carbocycles. The Morgan fingerprint density at radius 1 is 1.04 bits per heavy atom. The Hall–Kier alpha value is -2.93. The Morgan fingerprint density at radius 3 is 2.29 bits per heavy atom. The van der Waals surface area contributed by atoms with E-state index >= 15 is 0 Å². The van der Waals surface area contributed by atoms with E-state index < -0.39 is 11.9 Å². The van der Waals surface area contributed by atoms with E-state index in [9.17, 15) is 14.4 Å². The lowest BCUT2D eigenvalue weighted by molar-refractivity contribution is 0.0601. The fourth-order valence-corrected chi connectivity index (χ4v) is 4.22. The number of Topliss-reactive ketones (excluding diaryl/α,β-unsaturated/α-hetero) is 1. The number of thiophene rings is 1. The van der Waals surface area contributed by atoms with E-state index in [1.165, 1.54) is 14.0 Å². The van der Waals surface area contributed by atoms with E-state index in [0.717, 1.165) is 33.4 Å². The summed E-state index contributed by atoms with van der Waals surface area (Å²) in [6.07, 6.45) is 0. The number of hydrogen-bond acceptors (Lipinski definition) is 6. The minimum Gasteiger partial charge on any atom is -0.465 e. The largest absolute Gasteiger partial charge is 0.465 e. The van der Waals surface area contributed by atoms with Crippen LogP contribution in [0.5, 0.6) is 0 Å². The lowest BCUT2D eigenvalue weighted by Crippen LogP contribution is -2.14. The predicted octanol–water partition coefficient (Wildman–Crippen LogP) is 4.97. The van der Waals surface area contributed by atoms with Crippen molar-refractivity contribution in [3.8, 4) is 0 Å². The molecule has 0 aliphatic carbocycles. The molecule has 0 aliphatic heterocycles. The molecule has 0 radical (unpaired) electrons. The highest BCUT2D eigenvalue weighted by Gasteiger charge is 2.27. The number of ether oxygens (including phenoxy) is 1. The lowest BCUT2D eigenvalue weighted by atomic mass is 10.0. The van der Waals surface area contributed by atoms with E-state index in [1.807, 2.05) is 32.9 Å². The van der Waals surface area contributed by atoms with E-state index in [0.29, 0.717) is 16.0 Å². The molecule has 0 bridgehead atoms. The minimum atomic E-state index is -0.607. The maximum Gasteiger partial charge on any atom is 0.341 e. The molecule has 3 aromatic rings. The Morgan fingerprint density at radius 2 is 1.68 bits per heavy atom. The van der Waals surface area contributed by atoms with Gasteiger partial charge >= 0.3 is 5.97 Å². The number of hydrogen-bond donors (Lipinski definition) is 1. The second-order valence-electron chi connectivity index (χ2n) is 6.75. The monoisotopic (exact) mass is 399 g/mol. The number of anilines is 1. The van der Waals surface area contributed by atoms with Crippen LogP contribution in [0.1, 0.15) is 59.8 Å². The van der Waals surface area contributed by atoms with Crippen LogP contribution in [-0.2, 0) is 4.74 Å². The van der Waals surface area contributed by atoms with Crippen LogP contribution in [0.15, 0.2) is 16.5 Å². The molecular weight excluding hydrogens is 378 g/mol. The molecule has 6 nitrogen and oxygen atoms in total. The van der Waals surface area contributed by atoms with Crippen molar-refractivity contribution in [2.24, 2.45) is 0 Å². The van der Waals surface area contributed by atoms with Crippen LogP contribution >= 0.6 is 11.3 Å². The molecule has 0 atom stereocenters. The number of furan rings is 1. The maximum absolute atomic E-state index is 12.9. The number of fused-ring (bicyclic) bond motifs is 1. The number of methoxy groups -OCH3 is 1. The van der Waals surface area contributed by atoms with Crippen LogP contribution in [0.25, 0.3) is 11.0 Å². The number of ketones is 1. The first-order chi connectivity index (χ1) is 13.1. The summed E-state index contributed by atoms with van der Waals surface area (Å²) >= 11 is 1.05. The van der Waals surface area contributed by atoms with Crippen molar-refractivity contribution in [1.82, 2.24) is 0 Å². The van der Waals surface area contributed by atoms with E-state index in [4.69, 9.17) is 9.15 Å². The van der Waals surface area contributed by atoms with Crippen molar-refractivity contribution < 1.29 is 23.5 Å². The van der Waals surface area contributed by atoms with Gasteiger partial charge in [0.2, 0.25) is 0 Å². The van der Waals surface area contributed by atoms with Crippen LogP contribution in [0.3, 0.4) is 0 Å². The highest BCUT2D eigenvalue weighted by molar-refractivity contribution is 7.18. The maximum atomic E-state index is 12.9. The van der Waals surface area contributed by atoms with Gasteiger partial charge in [0, 0.05) is 10.9 Å². The van der Waals surface area contributed by atoms with E-state index in [-0.39, 0.29) is 22.1 Å². The van der Waals surface area contributed by atoms with Crippen LogP contribution in [0.4, 0.5) is 5.00 Å². The van der Waals surface area contributed by atoms with Gasteiger partial charge in [0.15, 0.2) is 11.5 Å². The van der Waals surface area contributed by atoms with Gasteiger partial charge in [0.1, 0.15) is 10.6 Å². The van der Waals surface area contributed by atoms with Gasteiger partial charge in [0.25, 0.3) is 5.91 Å². The molecule has 1 N–H and O–H groups in total. The number of aryl methyl sites for hydroxylation is 3. The molecule has 28 heavy (non-hydrogen) atoms. The molecule has 0 aliphatic rings. The second kappa shape index (κ2) is 7.24. The first-order valence-electron chi connectivity index (χ1n) is 8.70. The third-order valence-corrected chi connectivity index (χ3v) is 6.15. The highest BCUT2D eigenvalue weighted by atomic mass is 32.1. The number of carbonyl (C=O) groups excluding carboxylic acids is 3. The van der Waals surface area contributed by atoms with Crippen molar-refractivity contribution in [2.45, 2.75) is 34.6 Å². The van der Waals surface area contributed by atoms with Crippen LogP contribution < -0.4 is 5.32 Å². The molecule has 7 heteroatoms. The third-order valence-electron chi connectivity index (χ3n) is 4.84. The third kappa shape index (κ3) is 3.22. The Balaban J connectivity index is 2.05. The first-order valence-corrected chi connectivity index (χ1v) is 9.51. The van der Waals surface area contributed by atoms with Gasteiger partial charge in [-0.15, -0.1) is 11.3 Å². The van der Waals surface area contributed by atoms with Crippen molar-refractivity contribution in [1.29, 1.82) is 0 Å². The normalized spacial score (nSPS) is 10.9. The van der Waals surface area contributed by atoms with Gasteiger partial charge in [-0.3, -0.25) is 9.59 Å².